The Morgan fingerprint density at radius 1 is 1.50 bits per heavy atom. The van der Waals surface area contributed by atoms with Crippen LogP contribution in [0.2, 0.25) is 0 Å². The van der Waals surface area contributed by atoms with Crippen molar-refractivity contribution in [2.45, 2.75) is 24.0 Å². The number of aliphatic hydroxyl groups excluding tert-OH is 1. The molecule has 0 fully saturated rings. The number of hydrogen-bond donors (Lipinski definition) is 4. The molecule has 1 rings (SSSR count). The molecule has 0 aliphatic rings. The number of sulfonamides is 1. The topological polar surface area (TPSA) is 143 Å². The number of aliphatic hydroxyl groups is 1. The van der Waals surface area contributed by atoms with Crippen LogP contribution in [0.3, 0.4) is 0 Å². The van der Waals surface area contributed by atoms with Gasteiger partial charge in [0.2, 0.25) is 10.0 Å². The van der Waals surface area contributed by atoms with Crippen molar-refractivity contribution in [2.75, 3.05) is 5.73 Å². The van der Waals surface area contributed by atoms with E-state index in [4.69, 9.17) is 10.8 Å². The molecule has 0 saturated heterocycles. The average molecular weight is 275 g/mol. The molecular weight excluding hydrogens is 262 g/mol. The third kappa shape index (κ3) is 3.39. The zero-order valence-corrected chi connectivity index (χ0v) is 10.3. The van der Waals surface area contributed by atoms with E-state index in [1.807, 2.05) is 4.72 Å². The molecule has 0 saturated carbocycles. The fourth-order valence-corrected chi connectivity index (χ4v) is 2.43. The Morgan fingerprint density at radius 2 is 2.11 bits per heavy atom. The summed E-state index contributed by atoms with van der Waals surface area (Å²) in [7, 11) is -4.11. The summed E-state index contributed by atoms with van der Waals surface area (Å²) in [6, 6.07) is -0.507. The summed E-state index contributed by atoms with van der Waals surface area (Å²) in [5.41, 5.74) is 5.51. The van der Waals surface area contributed by atoms with E-state index < -0.39 is 28.1 Å². The van der Waals surface area contributed by atoms with Crippen LogP contribution in [0.1, 0.15) is 6.92 Å². The lowest BCUT2D eigenvalue weighted by Gasteiger charge is -2.17. The third-order valence-electron chi connectivity index (χ3n) is 2.08. The minimum Gasteiger partial charge on any atom is -0.480 e. The average Bonchev–Trinajstić information content (AvgIpc) is 2.25. The van der Waals surface area contributed by atoms with Crippen LogP contribution < -0.4 is 10.5 Å². The molecule has 0 aromatic carbocycles. The highest BCUT2D eigenvalue weighted by Gasteiger charge is 2.29. The minimum absolute atomic E-state index is 0.127. The number of nitrogens with zero attached hydrogens (tertiary/aromatic N) is 1. The van der Waals surface area contributed by atoms with Crippen LogP contribution in [0.15, 0.2) is 23.4 Å². The van der Waals surface area contributed by atoms with Gasteiger partial charge < -0.3 is 15.9 Å². The number of rotatable bonds is 5. The van der Waals surface area contributed by atoms with Gasteiger partial charge in [-0.1, -0.05) is 0 Å². The van der Waals surface area contributed by atoms with E-state index >= 15 is 0 Å². The lowest BCUT2D eigenvalue weighted by molar-refractivity contribution is -0.141. The summed E-state index contributed by atoms with van der Waals surface area (Å²) < 4.78 is 25.5. The largest absolute Gasteiger partial charge is 0.480 e. The Bertz CT molecular complexity index is 543. The van der Waals surface area contributed by atoms with Gasteiger partial charge in [-0.05, 0) is 13.0 Å². The van der Waals surface area contributed by atoms with Crippen molar-refractivity contribution in [3.8, 4) is 0 Å². The van der Waals surface area contributed by atoms with E-state index in [9.17, 15) is 18.3 Å². The number of carboxylic acids is 1. The number of carbonyl (C=O) groups is 1. The van der Waals surface area contributed by atoms with Crippen LogP contribution in [-0.4, -0.2) is 41.7 Å². The number of pyridine rings is 1. The first-order valence-electron chi connectivity index (χ1n) is 4.88. The predicted molar refractivity (Wildman–Crippen MR) is 62.1 cm³/mol. The summed E-state index contributed by atoms with van der Waals surface area (Å²) in [5, 5.41) is 18.0. The van der Waals surface area contributed by atoms with Crippen molar-refractivity contribution in [1.29, 1.82) is 0 Å². The summed E-state index contributed by atoms with van der Waals surface area (Å²) in [6.45, 7) is 1.17. The molecule has 1 aromatic heterocycles. The molecule has 0 radical (unpaired) electrons. The summed E-state index contributed by atoms with van der Waals surface area (Å²) in [5.74, 6) is -1.48. The van der Waals surface area contributed by atoms with Crippen molar-refractivity contribution < 1.29 is 23.4 Å². The van der Waals surface area contributed by atoms with Crippen molar-refractivity contribution in [2.24, 2.45) is 0 Å². The summed E-state index contributed by atoms with van der Waals surface area (Å²) in [6.07, 6.45) is 0.897. The standard InChI is InChI=1S/C9H13N3O5S/c1-5(13)8(9(14)15)12-18(16,17)7-2-6(10)3-11-4-7/h2-5,8,12-13H,10H2,1H3,(H,14,15). The molecule has 0 aliphatic heterocycles. The van der Waals surface area contributed by atoms with Gasteiger partial charge in [-0.3, -0.25) is 9.78 Å². The molecule has 0 aliphatic carbocycles. The first-order valence-corrected chi connectivity index (χ1v) is 6.36. The molecule has 1 heterocycles. The predicted octanol–water partition coefficient (Wildman–Crippen LogP) is -1.22. The van der Waals surface area contributed by atoms with Crippen molar-refractivity contribution >= 4 is 21.7 Å². The molecule has 0 bridgehead atoms. The molecule has 2 unspecified atom stereocenters. The summed E-state index contributed by atoms with van der Waals surface area (Å²) in [4.78, 5) is 14.1. The van der Waals surface area contributed by atoms with Crippen molar-refractivity contribution in [3.63, 3.8) is 0 Å². The van der Waals surface area contributed by atoms with Gasteiger partial charge >= 0.3 is 5.97 Å². The SMILES string of the molecule is CC(O)C(NS(=O)(=O)c1cncc(N)c1)C(=O)O. The molecule has 8 nitrogen and oxygen atoms in total. The van der Waals surface area contributed by atoms with Crippen LogP contribution in [0.5, 0.6) is 0 Å². The third-order valence-corrected chi connectivity index (χ3v) is 3.48. The second-order valence-corrected chi connectivity index (χ2v) is 5.35. The highest BCUT2D eigenvalue weighted by Crippen LogP contribution is 2.11. The Morgan fingerprint density at radius 3 is 2.56 bits per heavy atom. The summed E-state index contributed by atoms with van der Waals surface area (Å²) >= 11 is 0. The lowest BCUT2D eigenvalue weighted by atomic mass is 10.2. The lowest BCUT2D eigenvalue weighted by Crippen LogP contribution is -2.47. The van der Waals surface area contributed by atoms with Crippen LogP contribution in [0.4, 0.5) is 5.69 Å². The molecule has 2 atom stereocenters. The first kappa shape index (κ1) is 14.4. The Balaban J connectivity index is 3.05. The van der Waals surface area contributed by atoms with Crippen LogP contribution >= 0.6 is 0 Å². The maximum absolute atomic E-state index is 11.8. The molecule has 0 amide bonds. The maximum Gasteiger partial charge on any atom is 0.324 e. The molecule has 18 heavy (non-hydrogen) atoms. The van der Waals surface area contributed by atoms with Gasteiger partial charge in [0, 0.05) is 12.4 Å². The van der Waals surface area contributed by atoms with Crippen LogP contribution in [0, 0.1) is 0 Å². The fraction of sp³-hybridized carbons (Fsp3) is 0.333. The van der Waals surface area contributed by atoms with E-state index in [1.54, 1.807) is 0 Å². The van der Waals surface area contributed by atoms with E-state index in [0.717, 1.165) is 12.3 Å². The molecule has 0 spiro atoms. The Labute approximate surface area is 104 Å². The second-order valence-electron chi connectivity index (χ2n) is 3.63. The van der Waals surface area contributed by atoms with Crippen molar-refractivity contribution in [3.05, 3.63) is 18.5 Å². The van der Waals surface area contributed by atoms with Gasteiger partial charge in [-0.15, -0.1) is 0 Å². The van der Waals surface area contributed by atoms with Gasteiger partial charge in [0.1, 0.15) is 10.9 Å². The van der Waals surface area contributed by atoms with Gasteiger partial charge in [0.05, 0.1) is 11.8 Å². The van der Waals surface area contributed by atoms with Crippen LogP contribution in [-0.2, 0) is 14.8 Å². The first-order chi connectivity index (χ1) is 8.24. The number of nitrogens with one attached hydrogen (secondary N) is 1. The number of nitrogen functional groups attached to an aromatic ring is 1. The number of carboxylic acid groups (broad SMARTS) is 1. The van der Waals surface area contributed by atoms with Gasteiger partial charge in [0.15, 0.2) is 0 Å². The molecule has 1 aromatic rings. The van der Waals surface area contributed by atoms with E-state index in [0.29, 0.717) is 0 Å². The molecular formula is C9H13N3O5S. The minimum atomic E-state index is -4.11. The molecule has 100 valence electrons. The van der Waals surface area contributed by atoms with Crippen molar-refractivity contribution in [1.82, 2.24) is 9.71 Å². The number of anilines is 1. The fourth-order valence-electron chi connectivity index (χ4n) is 1.17. The monoisotopic (exact) mass is 275 g/mol. The van der Waals surface area contributed by atoms with Gasteiger partial charge in [-0.25, -0.2) is 8.42 Å². The number of nitrogens with two attached hydrogens (primary N) is 1. The number of aliphatic carboxylic acids is 1. The smallest absolute Gasteiger partial charge is 0.324 e. The van der Waals surface area contributed by atoms with E-state index in [1.165, 1.54) is 13.1 Å². The van der Waals surface area contributed by atoms with Crippen LogP contribution in [0.25, 0.3) is 0 Å². The Kier molecular flexibility index (Phi) is 4.22. The maximum atomic E-state index is 11.8. The molecule has 5 N–H and O–H groups in total. The number of hydrogen-bond acceptors (Lipinski definition) is 6. The normalized spacial score (nSPS) is 15.0. The van der Waals surface area contributed by atoms with E-state index in [2.05, 4.69) is 4.98 Å². The number of aromatic nitrogens is 1. The van der Waals surface area contributed by atoms with Gasteiger partial charge in [-0.2, -0.15) is 4.72 Å². The highest BCUT2D eigenvalue weighted by molar-refractivity contribution is 7.89. The zero-order chi connectivity index (χ0) is 13.9. The van der Waals surface area contributed by atoms with E-state index in [-0.39, 0.29) is 10.6 Å². The highest BCUT2D eigenvalue weighted by atomic mass is 32.2. The Hall–Kier alpha value is -1.71. The quantitative estimate of drug-likeness (QED) is 0.527. The molecule has 9 heteroatoms. The second kappa shape index (κ2) is 5.29. The van der Waals surface area contributed by atoms with Gasteiger partial charge in [0.25, 0.3) is 0 Å². The zero-order valence-electron chi connectivity index (χ0n) is 9.44.